The predicted molar refractivity (Wildman–Crippen MR) is 121 cm³/mol. The zero-order valence-electron chi connectivity index (χ0n) is 20.8. The molecule has 0 saturated heterocycles. The molecule has 0 heterocycles. The van der Waals surface area contributed by atoms with Crippen molar-refractivity contribution >= 4 is 5.97 Å². The van der Waals surface area contributed by atoms with E-state index in [4.69, 9.17) is 4.74 Å². The van der Waals surface area contributed by atoms with Crippen LogP contribution in [-0.2, 0) is 16.0 Å². The second-order valence-corrected chi connectivity index (χ2v) is 11.7. The first kappa shape index (κ1) is 28.2. The standard InChI is InChI=1S/C27H33F7O3/c1-16(2)25(20-11-18-10-19(13-20)14-21(25)12-18)37-22(35)23(36,9-8-17-6-4-3-5-7-17)15-24(28,26(29,30)31)27(32,33)34/h3-7,16,18-21,36H,8-15H2,1-2H3. The van der Waals surface area contributed by atoms with Crippen molar-refractivity contribution in [3.05, 3.63) is 35.9 Å². The van der Waals surface area contributed by atoms with E-state index < -0.39 is 48.0 Å². The monoisotopic (exact) mass is 538 g/mol. The molecule has 1 atom stereocenters. The minimum Gasteiger partial charge on any atom is -0.456 e. The maximum absolute atomic E-state index is 14.9. The van der Waals surface area contributed by atoms with Crippen LogP contribution in [0.2, 0.25) is 0 Å². The van der Waals surface area contributed by atoms with Crippen LogP contribution in [0.25, 0.3) is 0 Å². The number of aryl methyl sites for hydroxylation is 1. The minimum absolute atomic E-state index is 0.105. The van der Waals surface area contributed by atoms with Crippen molar-refractivity contribution in [2.75, 3.05) is 0 Å². The highest BCUT2D eigenvalue weighted by Crippen LogP contribution is 2.62. The molecule has 0 aromatic heterocycles. The molecule has 4 aliphatic carbocycles. The number of ether oxygens (including phenoxy) is 1. The van der Waals surface area contributed by atoms with Crippen LogP contribution in [0.15, 0.2) is 30.3 Å². The Labute approximate surface area is 211 Å². The van der Waals surface area contributed by atoms with Crippen molar-refractivity contribution < 1.29 is 45.4 Å². The van der Waals surface area contributed by atoms with Gasteiger partial charge in [0, 0.05) is 6.42 Å². The maximum atomic E-state index is 14.9. The summed E-state index contributed by atoms with van der Waals surface area (Å²) in [6, 6.07) is 7.95. The first-order valence-electron chi connectivity index (χ1n) is 12.8. The van der Waals surface area contributed by atoms with Gasteiger partial charge in [-0.1, -0.05) is 44.2 Å². The molecular formula is C27H33F7O3. The number of rotatable bonds is 8. The fourth-order valence-corrected chi connectivity index (χ4v) is 7.43. The van der Waals surface area contributed by atoms with Crippen LogP contribution in [0.4, 0.5) is 30.7 Å². The molecule has 5 rings (SSSR count). The van der Waals surface area contributed by atoms with Gasteiger partial charge in [-0.15, -0.1) is 0 Å². The number of hydrogen-bond acceptors (Lipinski definition) is 3. The fraction of sp³-hybridized carbons (Fsp3) is 0.741. The van der Waals surface area contributed by atoms with Gasteiger partial charge in [0.25, 0.3) is 0 Å². The van der Waals surface area contributed by atoms with Crippen LogP contribution < -0.4 is 0 Å². The summed E-state index contributed by atoms with van der Waals surface area (Å²) in [5.41, 5.74) is -9.81. The SMILES string of the molecule is CC(C)C1(OC(=O)C(O)(CCc2ccccc2)CC(F)(C(F)(F)F)C(F)(F)F)C2CC3CC(C2)CC1C3. The minimum atomic E-state index is -6.40. The fourth-order valence-electron chi connectivity index (χ4n) is 7.43. The zero-order valence-corrected chi connectivity index (χ0v) is 20.8. The summed E-state index contributed by atoms with van der Waals surface area (Å²) in [5.74, 6) is -1.22. The lowest BCUT2D eigenvalue weighted by Crippen LogP contribution is -2.65. The van der Waals surface area contributed by atoms with Crippen LogP contribution in [0, 0.1) is 29.6 Å². The van der Waals surface area contributed by atoms with E-state index in [0.717, 1.165) is 32.1 Å². The van der Waals surface area contributed by atoms with Gasteiger partial charge in [0.15, 0.2) is 5.60 Å². The van der Waals surface area contributed by atoms with Gasteiger partial charge in [0.05, 0.1) is 0 Å². The molecule has 4 bridgehead atoms. The van der Waals surface area contributed by atoms with Crippen LogP contribution in [-0.4, -0.2) is 40.3 Å². The van der Waals surface area contributed by atoms with E-state index in [2.05, 4.69) is 0 Å². The van der Waals surface area contributed by atoms with Gasteiger partial charge in [-0.3, -0.25) is 0 Å². The number of aliphatic hydroxyl groups is 1. The van der Waals surface area contributed by atoms with Crippen molar-refractivity contribution in [1.29, 1.82) is 0 Å². The molecule has 0 spiro atoms. The van der Waals surface area contributed by atoms with Crippen molar-refractivity contribution in [3.8, 4) is 0 Å². The van der Waals surface area contributed by atoms with E-state index in [0.29, 0.717) is 17.4 Å². The lowest BCUT2D eigenvalue weighted by molar-refractivity contribution is -0.352. The Morgan fingerprint density at radius 3 is 1.84 bits per heavy atom. The smallest absolute Gasteiger partial charge is 0.431 e. The summed E-state index contributed by atoms with van der Waals surface area (Å²) in [4.78, 5) is 13.5. The van der Waals surface area contributed by atoms with E-state index in [1.54, 1.807) is 30.3 Å². The number of alkyl halides is 7. The molecule has 10 heteroatoms. The summed E-state index contributed by atoms with van der Waals surface area (Å²) in [7, 11) is 0. The molecule has 4 aliphatic rings. The lowest BCUT2D eigenvalue weighted by Gasteiger charge is -2.62. The van der Waals surface area contributed by atoms with E-state index in [1.165, 1.54) is 0 Å². The largest absolute Gasteiger partial charge is 0.456 e. The van der Waals surface area contributed by atoms with Crippen LogP contribution in [0.5, 0.6) is 0 Å². The van der Waals surface area contributed by atoms with Crippen molar-refractivity contribution in [3.63, 3.8) is 0 Å². The number of carbonyl (C=O) groups excluding carboxylic acids is 1. The van der Waals surface area contributed by atoms with Crippen LogP contribution in [0.1, 0.15) is 64.4 Å². The zero-order chi connectivity index (χ0) is 27.4. The van der Waals surface area contributed by atoms with Gasteiger partial charge in [0.1, 0.15) is 5.60 Å². The maximum Gasteiger partial charge on any atom is 0.431 e. The number of carbonyl (C=O) groups is 1. The predicted octanol–water partition coefficient (Wildman–Crippen LogP) is 6.97. The molecule has 37 heavy (non-hydrogen) atoms. The quantitative estimate of drug-likeness (QED) is 0.287. The molecular weight excluding hydrogens is 505 g/mol. The normalized spacial score (nSPS) is 31.4. The third kappa shape index (κ3) is 4.87. The topological polar surface area (TPSA) is 46.5 Å². The number of halogens is 7. The molecule has 0 radical (unpaired) electrons. The molecule has 4 fully saturated rings. The van der Waals surface area contributed by atoms with Gasteiger partial charge < -0.3 is 9.84 Å². The van der Waals surface area contributed by atoms with Crippen LogP contribution in [0.3, 0.4) is 0 Å². The summed E-state index contributed by atoms with van der Waals surface area (Å²) in [6.07, 6.45) is -12.4. The molecule has 208 valence electrons. The third-order valence-electron chi connectivity index (χ3n) is 9.07. The van der Waals surface area contributed by atoms with Crippen molar-refractivity contribution in [2.24, 2.45) is 29.6 Å². The Morgan fingerprint density at radius 1 is 0.919 bits per heavy atom. The van der Waals surface area contributed by atoms with E-state index in [-0.39, 0.29) is 24.2 Å². The van der Waals surface area contributed by atoms with Gasteiger partial charge >= 0.3 is 24.0 Å². The Balaban J connectivity index is 1.69. The van der Waals surface area contributed by atoms with Crippen LogP contribution >= 0.6 is 0 Å². The first-order chi connectivity index (χ1) is 17.0. The third-order valence-corrected chi connectivity index (χ3v) is 9.07. The van der Waals surface area contributed by atoms with Crippen molar-refractivity contribution in [2.45, 2.75) is 94.4 Å². The van der Waals surface area contributed by atoms with Gasteiger partial charge in [-0.25, -0.2) is 9.18 Å². The van der Waals surface area contributed by atoms with Gasteiger partial charge in [-0.05, 0) is 80.1 Å². The van der Waals surface area contributed by atoms with Gasteiger partial charge in [-0.2, -0.15) is 26.3 Å². The molecule has 1 unspecified atom stereocenters. The molecule has 1 aromatic rings. The Kier molecular flexibility index (Phi) is 7.17. The summed E-state index contributed by atoms with van der Waals surface area (Å²) in [5, 5.41) is 11.2. The Morgan fingerprint density at radius 2 is 1.41 bits per heavy atom. The molecule has 3 nitrogen and oxygen atoms in total. The highest BCUT2D eigenvalue weighted by Gasteiger charge is 2.75. The average molecular weight is 539 g/mol. The summed E-state index contributed by atoms with van der Waals surface area (Å²) in [6.45, 7) is 3.62. The number of benzene rings is 1. The highest BCUT2D eigenvalue weighted by atomic mass is 19.4. The van der Waals surface area contributed by atoms with E-state index in [9.17, 15) is 40.6 Å². The Bertz CT molecular complexity index is 930. The average Bonchev–Trinajstić information content (AvgIpc) is 2.78. The molecule has 0 amide bonds. The highest BCUT2D eigenvalue weighted by molar-refractivity contribution is 5.80. The molecule has 1 N–H and O–H groups in total. The first-order valence-corrected chi connectivity index (χ1v) is 12.8. The molecule has 1 aromatic carbocycles. The summed E-state index contributed by atoms with van der Waals surface area (Å²) >= 11 is 0. The summed E-state index contributed by atoms with van der Waals surface area (Å²) < 4.78 is 102. The second-order valence-electron chi connectivity index (χ2n) is 11.7. The molecule has 4 saturated carbocycles. The molecule has 0 aliphatic heterocycles. The van der Waals surface area contributed by atoms with Crippen molar-refractivity contribution in [1.82, 2.24) is 0 Å². The second kappa shape index (κ2) is 9.42. The number of hydrogen-bond donors (Lipinski definition) is 1. The van der Waals surface area contributed by atoms with E-state index in [1.807, 2.05) is 13.8 Å². The lowest BCUT2D eigenvalue weighted by atomic mass is 9.47. The Hall–Kier alpha value is -1.84. The van der Waals surface area contributed by atoms with E-state index >= 15 is 0 Å². The van der Waals surface area contributed by atoms with Gasteiger partial charge in [0.2, 0.25) is 0 Å². The number of esters is 1.